The van der Waals surface area contributed by atoms with E-state index in [1.807, 2.05) is 6.08 Å². The lowest BCUT2D eigenvalue weighted by atomic mass is 9.47. The molecule has 5 aliphatic rings. The van der Waals surface area contributed by atoms with Crippen molar-refractivity contribution in [3.63, 3.8) is 0 Å². The van der Waals surface area contributed by atoms with Crippen LogP contribution in [-0.2, 0) is 19.1 Å². The lowest BCUT2D eigenvalue weighted by Crippen LogP contribution is -2.58. The number of allylic oxidation sites excluding steroid dienone is 4. The molecule has 0 radical (unpaired) electrons. The van der Waals surface area contributed by atoms with Gasteiger partial charge in [-0.25, -0.2) is 0 Å². The summed E-state index contributed by atoms with van der Waals surface area (Å²) in [6.07, 6.45) is 8.18. The van der Waals surface area contributed by atoms with Crippen molar-refractivity contribution in [1.29, 1.82) is 0 Å². The predicted molar refractivity (Wildman–Crippen MR) is 109 cm³/mol. The molecular weight excluding hydrogens is 388 g/mol. The molecular formula is C24H29ClO4. The Kier molecular flexibility index (Phi) is 3.93. The van der Waals surface area contributed by atoms with Crippen LogP contribution in [0.3, 0.4) is 0 Å². The van der Waals surface area contributed by atoms with Crippen LogP contribution in [0.1, 0.15) is 59.8 Å². The standard InChI is InChI=1S/C24H29ClO4/c1-12(26)24(29-13(2)27)8-6-16-14-10-20(25)19-11-21(28)15-9-18(15)23(19,4)17(14)5-7-22(16,24)3/h10-11,14-18H,5-9H2,1-4H3/t14-,15-,16+,17+,18+,22+,23+,24+/m1/s1. The van der Waals surface area contributed by atoms with Crippen LogP contribution in [0, 0.1) is 40.4 Å². The minimum absolute atomic E-state index is 0.0423. The van der Waals surface area contributed by atoms with Gasteiger partial charge in [0.2, 0.25) is 0 Å². The Hall–Kier alpha value is -1.42. The molecule has 0 aliphatic heterocycles. The van der Waals surface area contributed by atoms with Crippen LogP contribution in [0.15, 0.2) is 22.8 Å². The van der Waals surface area contributed by atoms with Gasteiger partial charge in [-0.3, -0.25) is 14.4 Å². The fraction of sp³-hybridized carbons (Fsp3) is 0.708. The maximum atomic E-state index is 12.8. The molecule has 29 heavy (non-hydrogen) atoms. The Bertz CT molecular complexity index is 903. The van der Waals surface area contributed by atoms with E-state index in [-0.39, 0.29) is 46.1 Å². The van der Waals surface area contributed by atoms with Crippen molar-refractivity contribution in [2.45, 2.75) is 65.4 Å². The van der Waals surface area contributed by atoms with Gasteiger partial charge in [-0.15, -0.1) is 0 Å². The molecule has 156 valence electrons. The van der Waals surface area contributed by atoms with E-state index in [1.165, 1.54) is 6.92 Å². The highest BCUT2D eigenvalue weighted by molar-refractivity contribution is 6.32. The molecule has 8 atom stereocenters. The van der Waals surface area contributed by atoms with Gasteiger partial charge in [0.15, 0.2) is 17.2 Å². The van der Waals surface area contributed by atoms with E-state index >= 15 is 0 Å². The number of esters is 1. The van der Waals surface area contributed by atoms with Crippen molar-refractivity contribution in [3.8, 4) is 0 Å². The fourth-order valence-corrected chi connectivity index (χ4v) is 8.43. The number of halogens is 1. The van der Waals surface area contributed by atoms with Gasteiger partial charge in [-0.1, -0.05) is 31.5 Å². The molecule has 0 saturated heterocycles. The molecule has 0 heterocycles. The minimum atomic E-state index is -1.03. The summed E-state index contributed by atoms with van der Waals surface area (Å²) in [4.78, 5) is 37.1. The first kappa shape index (κ1) is 19.5. The summed E-state index contributed by atoms with van der Waals surface area (Å²) in [5.41, 5.74) is -0.455. The lowest BCUT2D eigenvalue weighted by Gasteiger charge is -2.57. The summed E-state index contributed by atoms with van der Waals surface area (Å²) in [5, 5.41) is 0.713. The van der Waals surface area contributed by atoms with Crippen molar-refractivity contribution >= 4 is 29.1 Å². The number of carbonyl (C=O) groups is 3. The molecule has 3 fully saturated rings. The second-order valence-corrected chi connectivity index (χ2v) is 10.9. The largest absolute Gasteiger partial charge is 0.451 e. The van der Waals surface area contributed by atoms with Gasteiger partial charge in [-0.05, 0) is 74.3 Å². The van der Waals surface area contributed by atoms with E-state index in [1.54, 1.807) is 6.92 Å². The highest BCUT2D eigenvalue weighted by atomic mass is 35.5. The van der Waals surface area contributed by atoms with Gasteiger partial charge in [0.25, 0.3) is 0 Å². The lowest BCUT2D eigenvalue weighted by molar-refractivity contribution is -0.185. The average Bonchev–Trinajstić information content (AvgIpc) is 3.39. The zero-order valence-electron chi connectivity index (χ0n) is 17.6. The summed E-state index contributed by atoms with van der Waals surface area (Å²) in [7, 11) is 0. The van der Waals surface area contributed by atoms with Gasteiger partial charge >= 0.3 is 5.97 Å². The Labute approximate surface area is 177 Å². The number of carbonyl (C=O) groups excluding carboxylic acids is 3. The van der Waals surface area contributed by atoms with Crippen LogP contribution < -0.4 is 0 Å². The van der Waals surface area contributed by atoms with Crippen molar-refractivity contribution in [2.75, 3.05) is 0 Å². The number of Topliss-reactive ketones (excluding diaryl/α,β-unsaturated/α-hetero) is 1. The van der Waals surface area contributed by atoms with Crippen molar-refractivity contribution in [3.05, 3.63) is 22.8 Å². The predicted octanol–water partition coefficient (Wildman–Crippen LogP) is 4.61. The molecule has 0 bridgehead atoms. The number of fused-ring (bicyclic) bond motifs is 7. The smallest absolute Gasteiger partial charge is 0.303 e. The van der Waals surface area contributed by atoms with Crippen molar-refractivity contribution in [1.82, 2.24) is 0 Å². The molecule has 3 saturated carbocycles. The van der Waals surface area contributed by atoms with E-state index < -0.39 is 5.60 Å². The van der Waals surface area contributed by atoms with Gasteiger partial charge in [-0.2, -0.15) is 0 Å². The molecule has 0 N–H and O–H groups in total. The van der Waals surface area contributed by atoms with E-state index in [9.17, 15) is 14.4 Å². The fourth-order valence-electron chi connectivity index (χ4n) is 8.03. The van der Waals surface area contributed by atoms with Crippen LogP contribution >= 0.6 is 11.6 Å². The zero-order valence-corrected chi connectivity index (χ0v) is 18.3. The topological polar surface area (TPSA) is 60.4 Å². The maximum absolute atomic E-state index is 12.8. The molecule has 0 aromatic carbocycles. The average molecular weight is 417 g/mol. The summed E-state index contributed by atoms with van der Waals surface area (Å²) in [6.45, 7) is 7.42. The third-order valence-electron chi connectivity index (χ3n) is 9.50. The summed E-state index contributed by atoms with van der Waals surface area (Å²) in [5.74, 6) is 1.27. The van der Waals surface area contributed by atoms with E-state index in [2.05, 4.69) is 19.9 Å². The van der Waals surface area contributed by atoms with E-state index in [4.69, 9.17) is 16.3 Å². The van der Waals surface area contributed by atoms with Crippen LogP contribution in [0.5, 0.6) is 0 Å². The number of hydrogen-bond acceptors (Lipinski definition) is 4. The molecule has 0 aromatic rings. The molecule has 5 rings (SSSR count). The third kappa shape index (κ3) is 2.24. The first-order chi connectivity index (χ1) is 13.6. The number of ether oxygens (including phenoxy) is 1. The second kappa shape index (κ2) is 5.84. The molecule has 5 heteroatoms. The van der Waals surface area contributed by atoms with E-state index in [0.717, 1.165) is 31.3 Å². The molecule has 0 unspecified atom stereocenters. The summed E-state index contributed by atoms with van der Waals surface area (Å²) >= 11 is 6.79. The van der Waals surface area contributed by atoms with Gasteiger partial charge in [0.1, 0.15) is 0 Å². The van der Waals surface area contributed by atoms with Crippen LogP contribution in [0.4, 0.5) is 0 Å². The SMILES string of the molecule is CC(=O)O[C@]1(C(C)=O)CC[C@H]2[C@H]3C=C(Cl)C4=CC(=O)[C@@H]5C[C@@H]5[C@]4(C)[C@H]3CC[C@@]21C. The van der Waals surface area contributed by atoms with Crippen LogP contribution in [0.25, 0.3) is 0 Å². The minimum Gasteiger partial charge on any atom is -0.451 e. The third-order valence-corrected chi connectivity index (χ3v) is 9.83. The van der Waals surface area contributed by atoms with Gasteiger partial charge in [0.05, 0.1) is 0 Å². The van der Waals surface area contributed by atoms with Crippen molar-refractivity contribution in [2.24, 2.45) is 40.4 Å². The highest BCUT2D eigenvalue weighted by Gasteiger charge is 2.70. The van der Waals surface area contributed by atoms with E-state index in [0.29, 0.717) is 23.3 Å². The highest BCUT2D eigenvalue weighted by Crippen LogP contribution is 2.72. The molecule has 4 nitrogen and oxygen atoms in total. The normalized spacial score (nSPS) is 49.7. The Morgan fingerprint density at radius 2 is 1.79 bits per heavy atom. The Morgan fingerprint density at radius 1 is 1.10 bits per heavy atom. The van der Waals surface area contributed by atoms with Crippen LogP contribution in [-0.4, -0.2) is 23.1 Å². The molecule has 0 amide bonds. The quantitative estimate of drug-likeness (QED) is 0.617. The second-order valence-electron chi connectivity index (χ2n) is 10.5. The first-order valence-corrected chi connectivity index (χ1v) is 11.3. The van der Waals surface area contributed by atoms with Gasteiger partial charge < -0.3 is 4.74 Å². The number of hydrogen-bond donors (Lipinski definition) is 0. The molecule has 5 aliphatic carbocycles. The first-order valence-electron chi connectivity index (χ1n) is 10.9. The van der Waals surface area contributed by atoms with Gasteiger partial charge in [0, 0.05) is 28.7 Å². The van der Waals surface area contributed by atoms with Crippen LogP contribution in [0.2, 0.25) is 0 Å². The summed E-state index contributed by atoms with van der Waals surface area (Å²) in [6, 6.07) is 0. The number of rotatable bonds is 2. The maximum Gasteiger partial charge on any atom is 0.303 e. The zero-order chi connectivity index (χ0) is 20.9. The molecule has 0 spiro atoms. The number of ketones is 2. The van der Waals surface area contributed by atoms with Crippen molar-refractivity contribution < 1.29 is 19.1 Å². The Morgan fingerprint density at radius 3 is 2.45 bits per heavy atom. The summed E-state index contributed by atoms with van der Waals surface area (Å²) < 4.78 is 5.82. The molecule has 0 aromatic heterocycles. The monoisotopic (exact) mass is 416 g/mol. The Balaban J connectivity index is 1.60.